The molecule has 0 aliphatic rings. The molecule has 0 heterocycles. The number of amides is 2. The Morgan fingerprint density at radius 2 is 1.96 bits per heavy atom. The molecule has 28 heavy (non-hydrogen) atoms. The molecule has 0 saturated heterocycles. The van der Waals surface area contributed by atoms with Crippen molar-refractivity contribution in [3.05, 3.63) is 60.7 Å². The van der Waals surface area contributed by atoms with E-state index in [0.717, 1.165) is 9.13 Å². The molecule has 0 unspecified atom stereocenters. The van der Waals surface area contributed by atoms with Crippen molar-refractivity contribution < 1.29 is 19.4 Å². The molecule has 0 saturated carbocycles. The first-order valence-electron chi connectivity index (χ1n) is 8.38. The summed E-state index contributed by atoms with van der Waals surface area (Å²) in [5.74, 6) is -0.405. The molecule has 2 amide bonds. The second-order valence-corrected chi connectivity index (χ2v) is 8.07. The largest absolute Gasteiger partial charge is 0.506 e. The normalized spacial score (nSPS) is 11.8. The second kappa shape index (κ2) is 11.2. The van der Waals surface area contributed by atoms with Gasteiger partial charge in [0.1, 0.15) is 11.8 Å². The molecule has 148 valence electrons. The molecule has 2 aromatic rings. The van der Waals surface area contributed by atoms with E-state index in [4.69, 9.17) is 4.74 Å². The quantitative estimate of drug-likeness (QED) is 0.256. The predicted molar refractivity (Wildman–Crippen MR) is 123 cm³/mol. The number of phenols is 1. The first-order valence-corrected chi connectivity index (χ1v) is 10.5. The van der Waals surface area contributed by atoms with Crippen LogP contribution in [0.4, 0.5) is 4.79 Å². The molecule has 0 aromatic heterocycles. The third kappa shape index (κ3) is 6.93. The van der Waals surface area contributed by atoms with Crippen LogP contribution < -0.4 is 10.7 Å². The summed E-state index contributed by atoms with van der Waals surface area (Å²) in [5.41, 5.74) is 3.77. The lowest BCUT2D eigenvalue weighted by atomic mass is 10.1. The molecule has 2 aromatic carbocycles. The van der Waals surface area contributed by atoms with Crippen molar-refractivity contribution in [1.82, 2.24) is 10.7 Å². The van der Waals surface area contributed by atoms with Gasteiger partial charge in [0.2, 0.25) is 0 Å². The number of alkyl carbamates (subject to hydrolysis) is 1. The van der Waals surface area contributed by atoms with Crippen molar-refractivity contribution >= 4 is 63.4 Å². The zero-order valence-electron chi connectivity index (χ0n) is 15.0. The van der Waals surface area contributed by atoms with Crippen LogP contribution in [0.15, 0.2) is 47.6 Å². The van der Waals surface area contributed by atoms with Gasteiger partial charge in [0.05, 0.1) is 16.4 Å². The third-order valence-electron chi connectivity index (χ3n) is 3.60. The van der Waals surface area contributed by atoms with Gasteiger partial charge < -0.3 is 15.2 Å². The highest BCUT2D eigenvalue weighted by Crippen LogP contribution is 2.25. The zero-order valence-corrected chi connectivity index (χ0v) is 19.3. The highest BCUT2D eigenvalue weighted by atomic mass is 127. The van der Waals surface area contributed by atoms with Gasteiger partial charge in [-0.2, -0.15) is 5.10 Å². The van der Waals surface area contributed by atoms with Crippen molar-refractivity contribution in [2.45, 2.75) is 19.4 Å². The fourth-order valence-corrected chi connectivity index (χ4v) is 4.19. The molecule has 2 rings (SSSR count). The van der Waals surface area contributed by atoms with Crippen LogP contribution in [0.1, 0.15) is 18.1 Å². The third-order valence-corrected chi connectivity index (χ3v) is 5.05. The Labute approximate surface area is 190 Å². The number of aromatic hydroxyl groups is 1. The molecule has 0 spiro atoms. The van der Waals surface area contributed by atoms with E-state index in [1.165, 1.54) is 6.21 Å². The maximum absolute atomic E-state index is 12.5. The maximum Gasteiger partial charge on any atom is 0.407 e. The minimum Gasteiger partial charge on any atom is -0.506 e. The Kier molecular flexibility index (Phi) is 8.96. The smallest absolute Gasteiger partial charge is 0.407 e. The molecular formula is C19H19I2N3O4. The predicted octanol–water partition coefficient (Wildman–Crippen LogP) is 3.41. The number of nitrogens with zero attached hydrogens (tertiary/aromatic N) is 1. The number of phenolic OH excluding ortho intramolecular Hbond substituents is 1. The van der Waals surface area contributed by atoms with Crippen LogP contribution in [0, 0.1) is 7.14 Å². The lowest BCUT2D eigenvalue weighted by Gasteiger charge is -2.16. The van der Waals surface area contributed by atoms with Gasteiger partial charge in [-0.05, 0) is 69.8 Å². The second-order valence-electron chi connectivity index (χ2n) is 5.67. The van der Waals surface area contributed by atoms with Crippen molar-refractivity contribution in [3.63, 3.8) is 0 Å². The van der Waals surface area contributed by atoms with Crippen molar-refractivity contribution in [1.29, 1.82) is 0 Å². The average Bonchev–Trinajstić information content (AvgIpc) is 2.66. The van der Waals surface area contributed by atoms with Gasteiger partial charge in [0.15, 0.2) is 0 Å². The van der Waals surface area contributed by atoms with E-state index in [1.54, 1.807) is 13.0 Å². The number of rotatable bonds is 7. The first-order chi connectivity index (χ1) is 13.4. The number of hydrazone groups is 1. The Bertz CT molecular complexity index is 860. The highest BCUT2D eigenvalue weighted by Gasteiger charge is 2.21. The SMILES string of the molecule is CCOC(=O)N[C@H](Cc1ccccc1)C(=O)N/N=C\c1cc(I)cc(I)c1O. The number of carbonyl (C=O) groups excluding carboxylic acids is 2. The Balaban J connectivity index is 2.09. The number of carbonyl (C=O) groups is 2. The molecule has 3 N–H and O–H groups in total. The van der Waals surface area contributed by atoms with E-state index in [2.05, 4.69) is 38.4 Å². The van der Waals surface area contributed by atoms with E-state index in [-0.39, 0.29) is 18.8 Å². The summed E-state index contributed by atoms with van der Waals surface area (Å²) < 4.78 is 6.49. The first kappa shape index (κ1) is 22.4. The Morgan fingerprint density at radius 1 is 1.25 bits per heavy atom. The van der Waals surface area contributed by atoms with Gasteiger partial charge in [-0.15, -0.1) is 0 Å². The molecule has 0 aliphatic carbocycles. The van der Waals surface area contributed by atoms with Crippen molar-refractivity contribution in [2.24, 2.45) is 5.10 Å². The molecular weight excluding hydrogens is 588 g/mol. The molecule has 1 atom stereocenters. The Hall–Kier alpha value is -1.89. The van der Waals surface area contributed by atoms with Crippen LogP contribution in [0.5, 0.6) is 5.75 Å². The number of nitrogens with one attached hydrogen (secondary N) is 2. The van der Waals surface area contributed by atoms with Gasteiger partial charge in [0, 0.05) is 15.6 Å². The van der Waals surface area contributed by atoms with E-state index in [0.29, 0.717) is 9.13 Å². The van der Waals surface area contributed by atoms with Crippen LogP contribution in [0.25, 0.3) is 0 Å². The summed E-state index contributed by atoms with van der Waals surface area (Å²) in [6.45, 7) is 1.89. The molecule has 0 fully saturated rings. The molecule has 7 nitrogen and oxygen atoms in total. The van der Waals surface area contributed by atoms with E-state index in [1.807, 2.05) is 59.0 Å². The monoisotopic (exact) mass is 607 g/mol. The molecule has 0 aliphatic heterocycles. The Morgan fingerprint density at radius 3 is 2.64 bits per heavy atom. The summed E-state index contributed by atoms with van der Waals surface area (Å²) in [6.07, 6.45) is 0.974. The highest BCUT2D eigenvalue weighted by molar-refractivity contribution is 14.1. The number of halogens is 2. The number of hydrogen-bond acceptors (Lipinski definition) is 5. The van der Waals surface area contributed by atoms with E-state index in [9.17, 15) is 14.7 Å². The van der Waals surface area contributed by atoms with Gasteiger partial charge in [0.25, 0.3) is 5.91 Å². The fourth-order valence-electron chi connectivity index (χ4n) is 2.30. The topological polar surface area (TPSA) is 100 Å². The fraction of sp³-hybridized carbons (Fsp3) is 0.211. The lowest BCUT2D eigenvalue weighted by molar-refractivity contribution is -0.123. The van der Waals surface area contributed by atoms with Gasteiger partial charge in [-0.1, -0.05) is 30.3 Å². The zero-order chi connectivity index (χ0) is 20.5. The van der Waals surface area contributed by atoms with Gasteiger partial charge >= 0.3 is 6.09 Å². The molecule has 9 heteroatoms. The lowest BCUT2D eigenvalue weighted by Crippen LogP contribution is -2.47. The minimum atomic E-state index is -0.858. The van der Waals surface area contributed by atoms with Gasteiger partial charge in [-0.25, -0.2) is 10.2 Å². The molecule has 0 radical (unpaired) electrons. The summed E-state index contributed by atoms with van der Waals surface area (Å²) in [6, 6.07) is 12.0. The summed E-state index contributed by atoms with van der Waals surface area (Å²) in [4.78, 5) is 24.3. The minimum absolute atomic E-state index is 0.0875. The van der Waals surface area contributed by atoms with Crippen LogP contribution in [0.2, 0.25) is 0 Å². The average molecular weight is 607 g/mol. The van der Waals surface area contributed by atoms with Crippen molar-refractivity contribution in [3.8, 4) is 5.75 Å². The van der Waals surface area contributed by atoms with E-state index >= 15 is 0 Å². The summed E-state index contributed by atoms with van der Waals surface area (Å²) in [7, 11) is 0. The van der Waals surface area contributed by atoms with Crippen LogP contribution in [0.3, 0.4) is 0 Å². The number of hydrogen-bond donors (Lipinski definition) is 3. The number of benzene rings is 2. The van der Waals surface area contributed by atoms with Crippen LogP contribution >= 0.6 is 45.2 Å². The van der Waals surface area contributed by atoms with Crippen molar-refractivity contribution in [2.75, 3.05) is 6.61 Å². The summed E-state index contributed by atoms with van der Waals surface area (Å²) >= 11 is 4.15. The number of ether oxygens (including phenoxy) is 1. The maximum atomic E-state index is 12.5. The van der Waals surface area contributed by atoms with E-state index < -0.39 is 18.0 Å². The standard InChI is InChI=1S/C19H19I2N3O4/c1-2-28-19(27)23-16(8-12-6-4-3-5-7-12)18(26)24-22-11-13-9-14(20)10-15(21)17(13)25/h3-7,9-11,16,25H,2,8H2,1H3,(H,23,27)(H,24,26)/b22-11-/t16-/m1/s1. The van der Waals surface area contributed by atoms with Gasteiger partial charge in [-0.3, -0.25) is 4.79 Å². The van der Waals surface area contributed by atoms with Crippen LogP contribution in [-0.2, 0) is 16.0 Å². The molecule has 0 bridgehead atoms. The summed E-state index contributed by atoms with van der Waals surface area (Å²) in [5, 5.41) is 16.5. The van der Waals surface area contributed by atoms with Crippen LogP contribution in [-0.4, -0.2) is 36.0 Å².